The van der Waals surface area contributed by atoms with Gasteiger partial charge in [-0.05, 0) is 31.0 Å². The molecule has 0 radical (unpaired) electrons. The number of nitrogens with zero attached hydrogens (tertiary/aromatic N) is 2. The van der Waals surface area contributed by atoms with E-state index in [9.17, 15) is 0 Å². The molecule has 1 fully saturated rings. The Morgan fingerprint density at radius 3 is 2.71 bits per heavy atom. The van der Waals surface area contributed by atoms with Crippen molar-refractivity contribution in [3.8, 4) is 17.9 Å². The third kappa shape index (κ3) is 2.49. The van der Waals surface area contributed by atoms with E-state index in [1.807, 2.05) is 0 Å². The van der Waals surface area contributed by atoms with Crippen LogP contribution in [0.1, 0.15) is 24.8 Å². The Kier molecular flexibility index (Phi) is 2.89. The van der Waals surface area contributed by atoms with Crippen LogP contribution in [-0.4, -0.2) is 6.61 Å². The van der Waals surface area contributed by atoms with E-state index >= 15 is 0 Å². The van der Waals surface area contributed by atoms with E-state index in [-0.39, 0.29) is 5.41 Å². The summed E-state index contributed by atoms with van der Waals surface area (Å²) in [6.07, 6.45) is 2.57. The highest BCUT2D eigenvalue weighted by Crippen LogP contribution is 2.48. The lowest BCUT2D eigenvalue weighted by atomic mass is 10.1. The Balaban J connectivity index is 2.05. The topological polar surface area (TPSA) is 82.8 Å². The Hall–Kier alpha value is -2.20. The monoisotopic (exact) mass is 227 g/mol. The molecule has 0 aliphatic heterocycles. The molecule has 17 heavy (non-hydrogen) atoms. The predicted molar refractivity (Wildman–Crippen MR) is 63.0 cm³/mol. The molecule has 4 nitrogen and oxygen atoms in total. The first-order valence-corrected chi connectivity index (χ1v) is 5.48. The first kappa shape index (κ1) is 11.3. The summed E-state index contributed by atoms with van der Waals surface area (Å²) in [5.74, 6) is 0.547. The van der Waals surface area contributed by atoms with Gasteiger partial charge in [-0.15, -0.1) is 0 Å². The van der Waals surface area contributed by atoms with Crippen molar-refractivity contribution in [1.82, 2.24) is 0 Å². The molecule has 2 N–H and O–H groups in total. The quantitative estimate of drug-likeness (QED) is 0.799. The molecule has 1 saturated carbocycles. The minimum absolute atomic E-state index is 0.0167. The number of nitrogen functional groups attached to an aromatic ring is 1. The van der Waals surface area contributed by atoms with Crippen molar-refractivity contribution < 1.29 is 4.74 Å². The van der Waals surface area contributed by atoms with Gasteiger partial charge in [0.15, 0.2) is 0 Å². The fourth-order valence-corrected chi connectivity index (χ4v) is 1.71. The van der Waals surface area contributed by atoms with E-state index in [1.54, 1.807) is 18.2 Å². The zero-order valence-corrected chi connectivity index (χ0v) is 9.44. The van der Waals surface area contributed by atoms with Gasteiger partial charge < -0.3 is 10.5 Å². The standard InChI is InChI=1S/C13H13N3O/c14-6-5-13(3-4-13)9-17-12-2-1-11(16)7-10(12)8-15/h1-2,7H,3-5,9,16H2. The van der Waals surface area contributed by atoms with Crippen molar-refractivity contribution in [1.29, 1.82) is 10.5 Å². The molecule has 0 saturated heterocycles. The number of nitrogens with two attached hydrogens (primary N) is 1. The Morgan fingerprint density at radius 1 is 1.35 bits per heavy atom. The minimum atomic E-state index is 0.0167. The van der Waals surface area contributed by atoms with Crippen LogP contribution < -0.4 is 10.5 Å². The van der Waals surface area contributed by atoms with E-state index < -0.39 is 0 Å². The SMILES string of the molecule is N#CCC1(COc2ccc(N)cc2C#N)CC1. The lowest BCUT2D eigenvalue weighted by Gasteiger charge is -2.13. The number of hydrogen-bond acceptors (Lipinski definition) is 4. The van der Waals surface area contributed by atoms with Crippen molar-refractivity contribution >= 4 is 5.69 Å². The molecule has 0 amide bonds. The number of benzene rings is 1. The molecular formula is C13H13N3O. The van der Waals surface area contributed by atoms with E-state index in [2.05, 4.69) is 12.1 Å². The zero-order valence-electron chi connectivity index (χ0n) is 9.44. The van der Waals surface area contributed by atoms with Gasteiger partial charge in [0, 0.05) is 17.5 Å². The van der Waals surface area contributed by atoms with E-state index in [0.717, 1.165) is 12.8 Å². The van der Waals surface area contributed by atoms with Gasteiger partial charge in [-0.2, -0.15) is 10.5 Å². The molecule has 4 heteroatoms. The van der Waals surface area contributed by atoms with Gasteiger partial charge in [-0.1, -0.05) is 0 Å². The molecule has 0 bridgehead atoms. The van der Waals surface area contributed by atoms with Crippen LogP contribution >= 0.6 is 0 Å². The van der Waals surface area contributed by atoms with Gasteiger partial charge in [0.25, 0.3) is 0 Å². The summed E-state index contributed by atoms with van der Waals surface area (Å²) in [6, 6.07) is 9.24. The third-order valence-electron chi connectivity index (χ3n) is 3.07. The summed E-state index contributed by atoms with van der Waals surface area (Å²) < 4.78 is 5.63. The van der Waals surface area contributed by atoms with Gasteiger partial charge in [-0.3, -0.25) is 0 Å². The number of anilines is 1. The summed E-state index contributed by atoms with van der Waals surface area (Å²) in [5, 5.41) is 17.7. The first-order chi connectivity index (χ1) is 8.19. The van der Waals surface area contributed by atoms with Crippen LogP contribution in [0.2, 0.25) is 0 Å². The normalized spacial score (nSPS) is 15.6. The van der Waals surface area contributed by atoms with Crippen molar-refractivity contribution in [2.75, 3.05) is 12.3 Å². The van der Waals surface area contributed by atoms with Crippen molar-refractivity contribution in [3.63, 3.8) is 0 Å². The molecule has 0 atom stereocenters. The molecular weight excluding hydrogens is 214 g/mol. The maximum Gasteiger partial charge on any atom is 0.137 e. The maximum absolute atomic E-state index is 8.95. The van der Waals surface area contributed by atoms with Crippen molar-refractivity contribution in [3.05, 3.63) is 23.8 Å². The lowest BCUT2D eigenvalue weighted by Crippen LogP contribution is -2.13. The molecule has 1 aromatic carbocycles. The van der Waals surface area contributed by atoms with Crippen molar-refractivity contribution in [2.24, 2.45) is 5.41 Å². The highest BCUT2D eigenvalue weighted by atomic mass is 16.5. The molecule has 0 aromatic heterocycles. The molecule has 2 rings (SSSR count). The number of hydrogen-bond donors (Lipinski definition) is 1. The minimum Gasteiger partial charge on any atom is -0.492 e. The first-order valence-electron chi connectivity index (χ1n) is 5.48. The summed E-state index contributed by atoms with van der Waals surface area (Å²) in [5.41, 5.74) is 6.60. The lowest BCUT2D eigenvalue weighted by molar-refractivity contribution is 0.236. The maximum atomic E-state index is 8.95. The van der Waals surface area contributed by atoms with Gasteiger partial charge in [0.05, 0.1) is 18.2 Å². The Morgan fingerprint density at radius 2 is 2.12 bits per heavy atom. The second-order valence-electron chi connectivity index (χ2n) is 4.49. The molecule has 1 aliphatic rings. The van der Waals surface area contributed by atoms with Gasteiger partial charge in [0.2, 0.25) is 0 Å². The van der Waals surface area contributed by atoms with Crippen LogP contribution in [0.4, 0.5) is 5.69 Å². The van der Waals surface area contributed by atoms with Crippen LogP contribution in [0.15, 0.2) is 18.2 Å². The summed E-state index contributed by atoms with van der Waals surface area (Å²) >= 11 is 0. The Labute approximate surface area is 100 Å². The molecule has 86 valence electrons. The molecule has 0 spiro atoms. The third-order valence-corrected chi connectivity index (χ3v) is 3.07. The largest absolute Gasteiger partial charge is 0.492 e. The molecule has 1 aliphatic carbocycles. The van der Waals surface area contributed by atoms with Crippen LogP contribution in [0.25, 0.3) is 0 Å². The van der Waals surface area contributed by atoms with Gasteiger partial charge >= 0.3 is 0 Å². The average Bonchev–Trinajstić information content (AvgIpc) is 3.08. The van der Waals surface area contributed by atoms with Crippen LogP contribution in [0.5, 0.6) is 5.75 Å². The van der Waals surface area contributed by atoms with Crippen LogP contribution in [0, 0.1) is 28.1 Å². The molecule has 0 heterocycles. The van der Waals surface area contributed by atoms with Gasteiger partial charge in [-0.25, -0.2) is 0 Å². The van der Waals surface area contributed by atoms with Crippen molar-refractivity contribution in [2.45, 2.75) is 19.3 Å². The second kappa shape index (κ2) is 4.35. The number of ether oxygens (including phenoxy) is 1. The fourth-order valence-electron chi connectivity index (χ4n) is 1.71. The number of nitriles is 2. The van der Waals surface area contributed by atoms with Gasteiger partial charge in [0.1, 0.15) is 11.8 Å². The summed E-state index contributed by atoms with van der Waals surface area (Å²) in [6.45, 7) is 0.499. The average molecular weight is 227 g/mol. The molecule has 1 aromatic rings. The van der Waals surface area contributed by atoms with Crippen LogP contribution in [0.3, 0.4) is 0 Å². The number of rotatable bonds is 4. The van der Waals surface area contributed by atoms with E-state index in [4.69, 9.17) is 21.0 Å². The highest BCUT2D eigenvalue weighted by Gasteiger charge is 2.43. The summed E-state index contributed by atoms with van der Waals surface area (Å²) in [4.78, 5) is 0. The Bertz CT molecular complexity index is 506. The smallest absolute Gasteiger partial charge is 0.137 e. The fraction of sp³-hybridized carbons (Fsp3) is 0.385. The zero-order chi connectivity index (χ0) is 12.3. The highest BCUT2D eigenvalue weighted by molar-refractivity contribution is 5.53. The van der Waals surface area contributed by atoms with E-state index in [0.29, 0.717) is 30.0 Å². The molecule has 0 unspecified atom stereocenters. The summed E-state index contributed by atoms with van der Waals surface area (Å²) in [7, 11) is 0. The van der Waals surface area contributed by atoms with Crippen LogP contribution in [-0.2, 0) is 0 Å². The van der Waals surface area contributed by atoms with E-state index in [1.165, 1.54) is 0 Å². The predicted octanol–water partition coefficient (Wildman–Crippen LogP) is 2.21. The second-order valence-corrected chi connectivity index (χ2v) is 4.49.